The van der Waals surface area contributed by atoms with E-state index in [-0.39, 0.29) is 31.3 Å². The molecule has 4 fully saturated rings. The highest BCUT2D eigenvalue weighted by atomic mass is 35.5. The Balaban J connectivity index is 1.65. The second kappa shape index (κ2) is 14.2. The summed E-state index contributed by atoms with van der Waals surface area (Å²) in [6.07, 6.45) is 1.32. The van der Waals surface area contributed by atoms with Crippen LogP contribution in [0.5, 0.6) is 0 Å². The summed E-state index contributed by atoms with van der Waals surface area (Å²) >= 11 is 6.14. The molecule has 9 nitrogen and oxygen atoms in total. The van der Waals surface area contributed by atoms with Gasteiger partial charge in [-0.3, -0.25) is 14.4 Å². The van der Waals surface area contributed by atoms with Crippen LogP contribution >= 0.6 is 11.6 Å². The molecule has 3 amide bonds. The number of halogens is 4. The lowest BCUT2D eigenvalue weighted by molar-refractivity contribution is -0.194. The van der Waals surface area contributed by atoms with Crippen LogP contribution in [0.25, 0.3) is 0 Å². The molecule has 1 aromatic rings. The van der Waals surface area contributed by atoms with Gasteiger partial charge >= 0.3 is 5.97 Å². The van der Waals surface area contributed by atoms with Crippen LogP contribution in [0.15, 0.2) is 36.2 Å². The zero-order valence-electron chi connectivity index (χ0n) is 25.1. The molecule has 3 heterocycles. The third-order valence-corrected chi connectivity index (χ3v) is 8.71. The number of carbonyl (C=O) groups excluding carboxylic acids is 4. The first kappa shape index (κ1) is 33.6. The Hall–Kier alpha value is -3.28. The Kier molecular flexibility index (Phi) is 10.9. The van der Waals surface area contributed by atoms with E-state index in [1.807, 2.05) is 13.8 Å². The molecule has 3 aliphatic heterocycles. The Bertz CT molecular complexity index is 1280. The molecular formula is C31H40ClF3N4O5. The van der Waals surface area contributed by atoms with Crippen LogP contribution in [0.1, 0.15) is 59.3 Å². The average molecular weight is 641 g/mol. The molecule has 242 valence electrons. The van der Waals surface area contributed by atoms with E-state index in [0.717, 1.165) is 6.08 Å². The maximum Gasteiger partial charge on any atom is 0.366 e. The topological polar surface area (TPSA) is 117 Å². The molecule has 13 heteroatoms. The average Bonchev–Trinajstić information content (AvgIpc) is 3.35. The van der Waals surface area contributed by atoms with Crippen LogP contribution in [-0.2, 0) is 23.9 Å². The Morgan fingerprint density at radius 3 is 2.59 bits per heavy atom. The van der Waals surface area contributed by atoms with E-state index in [1.165, 1.54) is 11.8 Å². The highest BCUT2D eigenvalue weighted by molar-refractivity contribution is 6.30. The van der Waals surface area contributed by atoms with E-state index in [4.69, 9.17) is 16.3 Å². The van der Waals surface area contributed by atoms with Gasteiger partial charge in [0.1, 0.15) is 12.1 Å². The van der Waals surface area contributed by atoms with Gasteiger partial charge in [0.05, 0.1) is 18.6 Å². The van der Waals surface area contributed by atoms with E-state index in [9.17, 15) is 23.6 Å². The van der Waals surface area contributed by atoms with Crippen molar-refractivity contribution in [2.45, 2.75) is 89.4 Å². The van der Waals surface area contributed by atoms with E-state index in [0.29, 0.717) is 36.5 Å². The number of hydrogen-bond donors (Lipinski definition) is 3. The molecule has 4 aliphatic rings. The second-order valence-corrected chi connectivity index (χ2v) is 12.6. The van der Waals surface area contributed by atoms with E-state index >= 15 is 8.78 Å². The number of amides is 3. The van der Waals surface area contributed by atoms with Crippen LogP contribution in [0.4, 0.5) is 18.9 Å². The molecule has 0 unspecified atom stereocenters. The molecule has 2 bridgehead atoms. The molecule has 3 saturated heterocycles. The second-order valence-electron chi connectivity index (χ2n) is 12.2. The number of ether oxygens (including phenoxy) is 1. The third-order valence-electron chi connectivity index (χ3n) is 8.48. The Morgan fingerprint density at radius 1 is 1.23 bits per heavy atom. The van der Waals surface area contributed by atoms with Crippen LogP contribution in [0.2, 0.25) is 5.02 Å². The van der Waals surface area contributed by atoms with Crippen LogP contribution in [0, 0.1) is 17.8 Å². The summed E-state index contributed by atoms with van der Waals surface area (Å²) in [5.74, 6) is -9.42. The van der Waals surface area contributed by atoms with Gasteiger partial charge in [0, 0.05) is 35.6 Å². The summed E-state index contributed by atoms with van der Waals surface area (Å²) in [5, 5.41) is 8.90. The predicted octanol–water partition coefficient (Wildman–Crippen LogP) is 4.61. The summed E-state index contributed by atoms with van der Waals surface area (Å²) in [6.45, 7) is 5.67. The quantitative estimate of drug-likeness (QED) is 0.227. The van der Waals surface area contributed by atoms with E-state index in [2.05, 4.69) is 16.0 Å². The molecule has 0 radical (unpaired) electrons. The van der Waals surface area contributed by atoms with Crippen LogP contribution in [-0.4, -0.2) is 71.8 Å². The van der Waals surface area contributed by atoms with Gasteiger partial charge in [-0.15, -0.1) is 0 Å². The molecule has 0 aromatic heterocycles. The van der Waals surface area contributed by atoms with Crippen LogP contribution in [0.3, 0.4) is 0 Å². The SMILES string of the molecule is CCOC(=O)/C(F)=C\[C@H](C[C@@H]1CCNC1=O)NC(=O)[C@H]1[C@H]2CC[C@H](CC2(F)F)N1C(=O)[C@@H](CC(C)C)Nc1cccc(Cl)c1. The largest absolute Gasteiger partial charge is 0.461 e. The van der Waals surface area contributed by atoms with Crippen molar-refractivity contribution in [3.05, 3.63) is 41.2 Å². The number of hydrogen-bond acceptors (Lipinski definition) is 6. The number of nitrogens with one attached hydrogen (secondary N) is 3. The molecule has 3 N–H and O–H groups in total. The lowest BCUT2D eigenvalue weighted by Gasteiger charge is -2.54. The Morgan fingerprint density at radius 2 is 1.98 bits per heavy atom. The number of carbonyl (C=O) groups is 4. The molecule has 1 saturated carbocycles. The monoisotopic (exact) mass is 640 g/mol. The van der Waals surface area contributed by atoms with Crippen molar-refractivity contribution < 1.29 is 37.1 Å². The van der Waals surface area contributed by atoms with Gasteiger partial charge in [0.15, 0.2) is 0 Å². The van der Waals surface area contributed by atoms with Gasteiger partial charge in [-0.1, -0.05) is 31.5 Å². The summed E-state index contributed by atoms with van der Waals surface area (Å²) in [4.78, 5) is 53.7. The fourth-order valence-corrected chi connectivity index (χ4v) is 6.72. The van der Waals surface area contributed by atoms with Crippen LogP contribution < -0.4 is 16.0 Å². The maximum atomic E-state index is 15.3. The smallest absolute Gasteiger partial charge is 0.366 e. The number of esters is 1. The predicted molar refractivity (Wildman–Crippen MR) is 159 cm³/mol. The van der Waals surface area contributed by atoms with E-state index < -0.39 is 72.0 Å². The summed E-state index contributed by atoms with van der Waals surface area (Å²) in [5.41, 5.74) is 0.569. The van der Waals surface area contributed by atoms with Crippen molar-refractivity contribution in [1.82, 2.24) is 15.5 Å². The summed E-state index contributed by atoms with van der Waals surface area (Å²) in [7, 11) is 0. The fraction of sp³-hybridized carbons (Fsp3) is 0.613. The zero-order valence-corrected chi connectivity index (χ0v) is 25.8. The van der Waals surface area contributed by atoms with Crippen molar-refractivity contribution in [2.75, 3.05) is 18.5 Å². The number of anilines is 1. The standard InChI is InChI=1S/C31H40ClF3N4O5/c1-4-44-30(43)24(33)15-21(13-18-10-11-36-27(18)40)38-28(41)26-23-9-8-22(16-31(23,34)35)39(26)29(42)25(12-17(2)3)37-20-7-5-6-19(32)14-20/h5-7,14-15,17-18,21-23,25-26,37H,4,8-13,16H2,1-3H3,(H,36,40)(H,38,41)/b24-15+/t18-,21-,22+,23+,25+,26+/m0/s1. The molecular weight excluding hydrogens is 601 g/mol. The molecule has 0 spiro atoms. The zero-order chi connectivity index (χ0) is 32.2. The lowest BCUT2D eigenvalue weighted by Crippen LogP contribution is -2.70. The number of alkyl halides is 2. The summed E-state index contributed by atoms with van der Waals surface area (Å²) in [6, 6.07) is 2.33. The van der Waals surface area contributed by atoms with Crippen molar-refractivity contribution in [3.63, 3.8) is 0 Å². The maximum absolute atomic E-state index is 15.3. The normalized spacial score (nSPS) is 25.8. The van der Waals surface area contributed by atoms with Gasteiger partial charge in [-0.2, -0.15) is 4.39 Å². The molecule has 44 heavy (non-hydrogen) atoms. The van der Waals surface area contributed by atoms with Gasteiger partial charge in [0.2, 0.25) is 23.5 Å². The van der Waals surface area contributed by atoms with Gasteiger partial charge in [-0.05, 0) is 69.2 Å². The fourth-order valence-electron chi connectivity index (χ4n) is 6.53. The Labute approximate surface area is 260 Å². The highest BCUT2D eigenvalue weighted by Gasteiger charge is 2.61. The number of rotatable bonds is 12. The van der Waals surface area contributed by atoms with Crippen molar-refractivity contribution in [3.8, 4) is 0 Å². The van der Waals surface area contributed by atoms with Gasteiger partial charge in [0.25, 0.3) is 5.92 Å². The van der Waals surface area contributed by atoms with Crippen molar-refractivity contribution in [2.24, 2.45) is 17.8 Å². The minimum Gasteiger partial charge on any atom is -0.461 e. The minimum absolute atomic E-state index is 0.0266. The third kappa shape index (κ3) is 7.86. The highest BCUT2D eigenvalue weighted by Crippen LogP contribution is 2.49. The molecule has 6 atom stereocenters. The first-order valence-electron chi connectivity index (χ1n) is 15.1. The first-order chi connectivity index (χ1) is 20.8. The van der Waals surface area contributed by atoms with Gasteiger partial charge in [-0.25, -0.2) is 13.6 Å². The van der Waals surface area contributed by atoms with Gasteiger partial charge < -0.3 is 25.6 Å². The molecule has 1 aliphatic carbocycles. The number of benzene rings is 1. The molecule has 1 aromatic carbocycles. The minimum atomic E-state index is -3.21. The van der Waals surface area contributed by atoms with E-state index in [1.54, 1.807) is 24.3 Å². The number of piperidine rings is 2. The first-order valence-corrected chi connectivity index (χ1v) is 15.5. The lowest BCUT2D eigenvalue weighted by atomic mass is 9.71. The summed E-state index contributed by atoms with van der Waals surface area (Å²) < 4.78 is 50.1. The van der Waals surface area contributed by atoms with Crippen molar-refractivity contribution >= 4 is 41.0 Å². The number of nitrogens with zero attached hydrogens (tertiary/aromatic N) is 1. The van der Waals surface area contributed by atoms with Crippen molar-refractivity contribution in [1.29, 1.82) is 0 Å². The number of fused-ring (bicyclic) bond motifs is 3. The molecule has 5 rings (SSSR count).